The van der Waals surface area contributed by atoms with Crippen LogP contribution in [0.5, 0.6) is 11.5 Å². The van der Waals surface area contributed by atoms with Crippen LogP contribution >= 0.6 is 0 Å². The van der Waals surface area contributed by atoms with Gasteiger partial charge >= 0.3 is 0 Å². The van der Waals surface area contributed by atoms with Crippen LogP contribution in [0, 0.1) is 0 Å². The third-order valence-corrected chi connectivity index (χ3v) is 3.94. The topological polar surface area (TPSA) is 84.0 Å². The highest BCUT2D eigenvalue weighted by Gasteiger charge is 2.03. The molecule has 2 rings (SSSR count). The fourth-order valence-corrected chi connectivity index (χ4v) is 2.45. The molecule has 2 aromatic carbocycles. The van der Waals surface area contributed by atoms with Gasteiger partial charge in [-0.3, -0.25) is 9.79 Å². The SMILES string of the molecule is CN=C(NCCOc1ccc(OC)cc1)NCC(=O)NCCc1ccccc1. The minimum Gasteiger partial charge on any atom is -0.497 e. The van der Waals surface area contributed by atoms with Crippen molar-refractivity contribution < 1.29 is 14.3 Å². The molecule has 7 heteroatoms. The molecule has 0 saturated carbocycles. The van der Waals surface area contributed by atoms with Crippen LogP contribution in [0.25, 0.3) is 0 Å². The van der Waals surface area contributed by atoms with Crippen molar-refractivity contribution in [2.45, 2.75) is 6.42 Å². The zero-order valence-electron chi connectivity index (χ0n) is 16.4. The van der Waals surface area contributed by atoms with Gasteiger partial charge in [-0.05, 0) is 36.2 Å². The van der Waals surface area contributed by atoms with Crippen molar-refractivity contribution in [1.29, 1.82) is 0 Å². The van der Waals surface area contributed by atoms with Gasteiger partial charge in [-0.2, -0.15) is 0 Å². The molecule has 0 aliphatic rings. The molecule has 3 N–H and O–H groups in total. The van der Waals surface area contributed by atoms with Crippen molar-refractivity contribution in [1.82, 2.24) is 16.0 Å². The number of hydrogen-bond acceptors (Lipinski definition) is 4. The van der Waals surface area contributed by atoms with Crippen molar-refractivity contribution >= 4 is 11.9 Å². The van der Waals surface area contributed by atoms with E-state index in [0.29, 0.717) is 25.7 Å². The molecule has 1 amide bonds. The Morgan fingerprint density at radius 1 is 0.929 bits per heavy atom. The van der Waals surface area contributed by atoms with E-state index in [-0.39, 0.29) is 12.5 Å². The Morgan fingerprint density at radius 2 is 1.64 bits per heavy atom. The molecule has 0 spiro atoms. The van der Waals surface area contributed by atoms with Gasteiger partial charge in [0.1, 0.15) is 18.1 Å². The number of ether oxygens (including phenoxy) is 2. The van der Waals surface area contributed by atoms with Gasteiger partial charge in [0.2, 0.25) is 5.91 Å². The van der Waals surface area contributed by atoms with Crippen molar-refractivity contribution in [3.8, 4) is 11.5 Å². The van der Waals surface area contributed by atoms with Gasteiger partial charge in [0, 0.05) is 13.6 Å². The molecule has 0 bridgehead atoms. The van der Waals surface area contributed by atoms with Crippen molar-refractivity contribution in [2.24, 2.45) is 4.99 Å². The van der Waals surface area contributed by atoms with E-state index in [4.69, 9.17) is 9.47 Å². The van der Waals surface area contributed by atoms with Crippen LogP contribution in [-0.4, -0.2) is 52.3 Å². The van der Waals surface area contributed by atoms with E-state index < -0.39 is 0 Å². The lowest BCUT2D eigenvalue weighted by Crippen LogP contribution is -2.44. The number of amides is 1. The summed E-state index contributed by atoms with van der Waals surface area (Å²) in [6, 6.07) is 17.5. The molecule has 0 heterocycles. The monoisotopic (exact) mass is 384 g/mol. The van der Waals surface area contributed by atoms with E-state index in [1.54, 1.807) is 14.2 Å². The normalized spacial score (nSPS) is 10.9. The quantitative estimate of drug-likeness (QED) is 0.329. The molecule has 28 heavy (non-hydrogen) atoms. The highest BCUT2D eigenvalue weighted by atomic mass is 16.5. The van der Waals surface area contributed by atoms with Gasteiger partial charge in [0.05, 0.1) is 20.2 Å². The third kappa shape index (κ3) is 7.99. The first-order valence-corrected chi connectivity index (χ1v) is 9.23. The maximum Gasteiger partial charge on any atom is 0.239 e. The summed E-state index contributed by atoms with van der Waals surface area (Å²) in [5.74, 6) is 2.03. The zero-order chi connectivity index (χ0) is 20.0. The summed E-state index contributed by atoms with van der Waals surface area (Å²) in [5.41, 5.74) is 1.20. The van der Waals surface area contributed by atoms with Gasteiger partial charge in [-0.1, -0.05) is 30.3 Å². The van der Waals surface area contributed by atoms with E-state index in [9.17, 15) is 4.79 Å². The molecule has 7 nitrogen and oxygen atoms in total. The van der Waals surface area contributed by atoms with Gasteiger partial charge in [0.15, 0.2) is 5.96 Å². The molecular formula is C21H28N4O3. The van der Waals surface area contributed by atoms with Crippen molar-refractivity contribution in [3.63, 3.8) is 0 Å². The molecule has 0 aliphatic carbocycles. The zero-order valence-corrected chi connectivity index (χ0v) is 16.4. The Labute approximate surface area is 166 Å². The standard InChI is InChI=1S/C21H28N4O3/c1-22-21(24-14-15-28-19-10-8-18(27-2)9-11-19)25-16-20(26)23-13-12-17-6-4-3-5-7-17/h3-11H,12-16H2,1-2H3,(H,23,26)(H2,22,24,25). The highest BCUT2D eigenvalue weighted by Crippen LogP contribution is 2.16. The van der Waals surface area contributed by atoms with E-state index in [0.717, 1.165) is 17.9 Å². The lowest BCUT2D eigenvalue weighted by molar-refractivity contribution is -0.119. The molecule has 150 valence electrons. The summed E-state index contributed by atoms with van der Waals surface area (Å²) in [7, 11) is 3.29. The number of carbonyl (C=O) groups excluding carboxylic acids is 1. The Balaban J connectivity index is 1.57. The molecule has 0 atom stereocenters. The largest absolute Gasteiger partial charge is 0.497 e. The number of guanidine groups is 1. The Morgan fingerprint density at radius 3 is 2.32 bits per heavy atom. The maximum absolute atomic E-state index is 11.9. The molecule has 0 unspecified atom stereocenters. The van der Waals surface area contributed by atoms with Gasteiger partial charge in [0.25, 0.3) is 0 Å². The van der Waals surface area contributed by atoms with Crippen LogP contribution < -0.4 is 25.4 Å². The van der Waals surface area contributed by atoms with Crippen LogP contribution in [0.1, 0.15) is 5.56 Å². The number of nitrogens with one attached hydrogen (secondary N) is 3. The first kappa shape index (κ1) is 21.1. The van der Waals surface area contributed by atoms with E-state index >= 15 is 0 Å². The Hall–Kier alpha value is -3.22. The summed E-state index contributed by atoms with van der Waals surface area (Å²) in [6.45, 7) is 1.79. The number of aliphatic imine (C=N–C) groups is 1. The number of rotatable bonds is 10. The highest BCUT2D eigenvalue weighted by molar-refractivity contribution is 5.86. The fourth-order valence-electron chi connectivity index (χ4n) is 2.45. The smallest absolute Gasteiger partial charge is 0.239 e. The number of nitrogens with zero attached hydrogens (tertiary/aromatic N) is 1. The molecule has 0 aliphatic heterocycles. The summed E-state index contributed by atoms with van der Waals surface area (Å²) in [5, 5.41) is 8.98. The van der Waals surface area contributed by atoms with Gasteiger partial charge in [-0.15, -0.1) is 0 Å². The van der Waals surface area contributed by atoms with Crippen LogP contribution in [-0.2, 0) is 11.2 Å². The predicted molar refractivity (Wildman–Crippen MR) is 111 cm³/mol. The summed E-state index contributed by atoms with van der Waals surface area (Å²) >= 11 is 0. The molecule has 0 saturated heterocycles. The summed E-state index contributed by atoms with van der Waals surface area (Å²) in [4.78, 5) is 16.0. The summed E-state index contributed by atoms with van der Waals surface area (Å²) in [6.07, 6.45) is 0.808. The van der Waals surface area contributed by atoms with Crippen LogP contribution in [0.3, 0.4) is 0 Å². The minimum atomic E-state index is -0.0756. The van der Waals surface area contributed by atoms with Gasteiger partial charge < -0.3 is 25.4 Å². The first-order chi connectivity index (χ1) is 13.7. The summed E-state index contributed by atoms with van der Waals surface area (Å²) < 4.78 is 10.8. The molecule has 0 aromatic heterocycles. The number of hydrogen-bond donors (Lipinski definition) is 3. The van der Waals surface area contributed by atoms with Crippen molar-refractivity contribution in [2.75, 3.05) is 40.4 Å². The lowest BCUT2D eigenvalue weighted by atomic mass is 10.1. The van der Waals surface area contributed by atoms with Crippen molar-refractivity contribution in [3.05, 3.63) is 60.2 Å². The average Bonchev–Trinajstić information content (AvgIpc) is 2.74. The molecule has 2 aromatic rings. The lowest BCUT2D eigenvalue weighted by Gasteiger charge is -2.13. The Bertz CT molecular complexity index is 733. The van der Waals surface area contributed by atoms with E-state index in [2.05, 4.69) is 20.9 Å². The number of carbonyl (C=O) groups is 1. The minimum absolute atomic E-state index is 0.0756. The second kappa shape index (κ2) is 12.2. The van der Waals surface area contributed by atoms with E-state index in [1.807, 2.05) is 54.6 Å². The van der Waals surface area contributed by atoms with Crippen LogP contribution in [0.2, 0.25) is 0 Å². The Kier molecular flexibility index (Phi) is 9.20. The number of methoxy groups -OCH3 is 1. The first-order valence-electron chi connectivity index (χ1n) is 9.23. The van der Waals surface area contributed by atoms with Crippen LogP contribution in [0.15, 0.2) is 59.6 Å². The third-order valence-electron chi connectivity index (χ3n) is 3.94. The molecule has 0 fully saturated rings. The fraction of sp³-hybridized carbons (Fsp3) is 0.333. The predicted octanol–water partition coefficient (Wildman–Crippen LogP) is 1.60. The second-order valence-electron chi connectivity index (χ2n) is 5.96. The maximum atomic E-state index is 11.9. The average molecular weight is 384 g/mol. The number of benzene rings is 2. The van der Waals surface area contributed by atoms with E-state index in [1.165, 1.54) is 5.56 Å². The molecule has 0 radical (unpaired) electrons. The molecular weight excluding hydrogens is 356 g/mol. The second-order valence-corrected chi connectivity index (χ2v) is 5.96. The van der Waals surface area contributed by atoms with Gasteiger partial charge in [-0.25, -0.2) is 0 Å². The van der Waals surface area contributed by atoms with Crippen LogP contribution in [0.4, 0.5) is 0 Å².